The van der Waals surface area contributed by atoms with Crippen molar-refractivity contribution in [3.8, 4) is 0 Å². The summed E-state index contributed by atoms with van der Waals surface area (Å²) < 4.78 is 38.5. The van der Waals surface area contributed by atoms with E-state index < -0.39 is 12.0 Å². The summed E-state index contributed by atoms with van der Waals surface area (Å²) in [6.45, 7) is 3.16. The van der Waals surface area contributed by atoms with Crippen LogP contribution in [0.25, 0.3) is 0 Å². The molecule has 2 fully saturated rings. The lowest BCUT2D eigenvalue weighted by molar-refractivity contribution is -0.144. The van der Waals surface area contributed by atoms with Crippen molar-refractivity contribution in [1.82, 2.24) is 14.9 Å². The van der Waals surface area contributed by atoms with Crippen molar-refractivity contribution in [2.45, 2.75) is 25.1 Å². The van der Waals surface area contributed by atoms with Gasteiger partial charge in [0.05, 0.1) is 0 Å². The van der Waals surface area contributed by atoms with Crippen molar-refractivity contribution in [3.63, 3.8) is 0 Å². The highest BCUT2D eigenvalue weighted by molar-refractivity contribution is 5.49. The first kappa shape index (κ1) is 14.4. The van der Waals surface area contributed by atoms with Crippen LogP contribution < -0.4 is 10.2 Å². The minimum Gasteiger partial charge on any atom is -0.373 e. The van der Waals surface area contributed by atoms with Gasteiger partial charge in [-0.05, 0) is 12.8 Å². The highest BCUT2D eigenvalue weighted by Gasteiger charge is 2.36. The van der Waals surface area contributed by atoms with Gasteiger partial charge in [-0.25, -0.2) is 9.97 Å². The minimum atomic E-state index is -4.53. The molecule has 2 aliphatic rings. The minimum absolute atomic E-state index is 0.192. The molecule has 3 rings (SSSR count). The second kappa shape index (κ2) is 5.32. The molecular formula is C13H18F3N5. The molecule has 2 heterocycles. The Bertz CT molecular complexity index is 507. The standard InChI is InChI=1S/C13H18F3N5/c1-17-10-8-11(19-12(18-10)13(14,15)16)21-6-4-20(5-7-21)9-2-3-9/h8-9H,2-7H2,1H3,(H,17,18,19). The summed E-state index contributed by atoms with van der Waals surface area (Å²) >= 11 is 0. The Morgan fingerprint density at radius 3 is 2.33 bits per heavy atom. The van der Waals surface area contributed by atoms with Crippen LogP contribution in [0.3, 0.4) is 0 Å². The highest BCUT2D eigenvalue weighted by Crippen LogP contribution is 2.31. The molecule has 0 radical (unpaired) electrons. The largest absolute Gasteiger partial charge is 0.451 e. The lowest BCUT2D eigenvalue weighted by atomic mass is 10.3. The maximum absolute atomic E-state index is 12.8. The van der Waals surface area contributed by atoms with E-state index in [2.05, 4.69) is 20.2 Å². The van der Waals surface area contributed by atoms with E-state index in [1.807, 2.05) is 4.90 Å². The molecule has 0 bridgehead atoms. The second-order valence-electron chi connectivity index (χ2n) is 5.44. The van der Waals surface area contributed by atoms with Crippen LogP contribution in [0.15, 0.2) is 6.07 Å². The average molecular weight is 301 g/mol. The molecule has 0 amide bonds. The number of anilines is 2. The topological polar surface area (TPSA) is 44.3 Å². The summed E-state index contributed by atoms with van der Waals surface area (Å²) in [6.07, 6.45) is -2.04. The van der Waals surface area contributed by atoms with Gasteiger partial charge < -0.3 is 10.2 Å². The number of nitrogens with zero attached hydrogens (tertiary/aromatic N) is 4. The van der Waals surface area contributed by atoms with Crippen molar-refractivity contribution >= 4 is 11.6 Å². The van der Waals surface area contributed by atoms with Crippen LogP contribution in [0.4, 0.5) is 24.8 Å². The van der Waals surface area contributed by atoms with Gasteiger partial charge in [-0.3, -0.25) is 4.90 Å². The normalized spacial score (nSPS) is 20.7. The Kier molecular flexibility index (Phi) is 3.64. The molecule has 1 aromatic heterocycles. The Hall–Kier alpha value is -1.57. The summed E-state index contributed by atoms with van der Waals surface area (Å²) in [5.41, 5.74) is 0. The van der Waals surface area contributed by atoms with Gasteiger partial charge in [0.15, 0.2) is 0 Å². The zero-order chi connectivity index (χ0) is 15.0. The molecule has 1 aliphatic carbocycles. The van der Waals surface area contributed by atoms with Crippen molar-refractivity contribution < 1.29 is 13.2 Å². The van der Waals surface area contributed by atoms with Gasteiger partial charge in [-0.15, -0.1) is 0 Å². The quantitative estimate of drug-likeness (QED) is 0.922. The van der Waals surface area contributed by atoms with Crippen LogP contribution in [0.1, 0.15) is 18.7 Å². The predicted molar refractivity (Wildman–Crippen MR) is 73.4 cm³/mol. The van der Waals surface area contributed by atoms with Gasteiger partial charge in [0, 0.05) is 45.3 Å². The number of halogens is 3. The van der Waals surface area contributed by atoms with Crippen LogP contribution in [-0.4, -0.2) is 54.1 Å². The van der Waals surface area contributed by atoms with Gasteiger partial charge in [-0.1, -0.05) is 0 Å². The van der Waals surface area contributed by atoms with Gasteiger partial charge in [0.25, 0.3) is 0 Å². The van der Waals surface area contributed by atoms with Gasteiger partial charge in [0.2, 0.25) is 5.82 Å². The van der Waals surface area contributed by atoms with Crippen LogP contribution in [0, 0.1) is 0 Å². The molecule has 116 valence electrons. The second-order valence-corrected chi connectivity index (χ2v) is 5.44. The van der Waals surface area contributed by atoms with Crippen molar-refractivity contribution in [2.75, 3.05) is 43.4 Å². The van der Waals surface area contributed by atoms with E-state index in [1.54, 1.807) is 13.1 Å². The van der Waals surface area contributed by atoms with E-state index in [0.717, 1.165) is 13.1 Å². The predicted octanol–water partition coefficient (Wildman–Crippen LogP) is 1.82. The molecule has 8 heteroatoms. The average Bonchev–Trinajstić information content (AvgIpc) is 3.30. The molecule has 1 N–H and O–H groups in total. The number of nitrogens with one attached hydrogen (secondary N) is 1. The monoisotopic (exact) mass is 301 g/mol. The van der Waals surface area contributed by atoms with E-state index in [1.165, 1.54) is 12.8 Å². The molecule has 0 aromatic carbocycles. The van der Waals surface area contributed by atoms with Crippen LogP contribution >= 0.6 is 0 Å². The lowest BCUT2D eigenvalue weighted by Gasteiger charge is -2.35. The molecule has 1 aliphatic heterocycles. The molecule has 0 unspecified atom stereocenters. The van der Waals surface area contributed by atoms with E-state index in [0.29, 0.717) is 24.9 Å². The molecule has 5 nitrogen and oxygen atoms in total. The third-order valence-electron chi connectivity index (χ3n) is 3.92. The third-order valence-corrected chi connectivity index (χ3v) is 3.92. The SMILES string of the molecule is CNc1cc(N2CCN(C3CC3)CC2)nc(C(F)(F)F)n1. The number of hydrogen-bond donors (Lipinski definition) is 1. The smallest absolute Gasteiger partial charge is 0.373 e. The molecular weight excluding hydrogens is 283 g/mol. The van der Waals surface area contributed by atoms with Gasteiger partial charge >= 0.3 is 6.18 Å². The molecule has 21 heavy (non-hydrogen) atoms. The first-order valence-corrected chi connectivity index (χ1v) is 7.10. The van der Waals surface area contributed by atoms with Crippen LogP contribution in [-0.2, 0) is 6.18 Å². The first-order chi connectivity index (χ1) is 9.97. The van der Waals surface area contributed by atoms with Crippen molar-refractivity contribution in [1.29, 1.82) is 0 Å². The van der Waals surface area contributed by atoms with E-state index in [4.69, 9.17) is 0 Å². The summed E-state index contributed by atoms with van der Waals surface area (Å²) in [7, 11) is 1.55. The Morgan fingerprint density at radius 1 is 1.14 bits per heavy atom. The van der Waals surface area contributed by atoms with E-state index in [9.17, 15) is 13.2 Å². The Balaban J connectivity index is 1.78. The molecule has 1 saturated heterocycles. The van der Waals surface area contributed by atoms with E-state index >= 15 is 0 Å². The number of alkyl halides is 3. The first-order valence-electron chi connectivity index (χ1n) is 7.10. The van der Waals surface area contributed by atoms with Crippen molar-refractivity contribution in [2.24, 2.45) is 0 Å². The highest BCUT2D eigenvalue weighted by atomic mass is 19.4. The lowest BCUT2D eigenvalue weighted by Crippen LogP contribution is -2.47. The summed E-state index contributed by atoms with van der Waals surface area (Å²) in [4.78, 5) is 11.5. The summed E-state index contributed by atoms with van der Waals surface area (Å²) in [5, 5.41) is 2.67. The zero-order valence-electron chi connectivity index (χ0n) is 11.8. The number of rotatable bonds is 3. The fraction of sp³-hybridized carbons (Fsp3) is 0.692. The van der Waals surface area contributed by atoms with Crippen LogP contribution in [0.2, 0.25) is 0 Å². The van der Waals surface area contributed by atoms with Crippen LogP contribution in [0.5, 0.6) is 0 Å². The fourth-order valence-corrected chi connectivity index (χ4v) is 2.61. The summed E-state index contributed by atoms with van der Waals surface area (Å²) in [5.74, 6) is -0.553. The Labute approximate surface area is 121 Å². The fourth-order valence-electron chi connectivity index (χ4n) is 2.61. The third kappa shape index (κ3) is 3.20. The number of aromatic nitrogens is 2. The number of hydrogen-bond acceptors (Lipinski definition) is 5. The Morgan fingerprint density at radius 2 is 1.81 bits per heavy atom. The number of piperazine rings is 1. The maximum atomic E-state index is 12.8. The van der Waals surface area contributed by atoms with Gasteiger partial charge in [-0.2, -0.15) is 13.2 Å². The van der Waals surface area contributed by atoms with Crippen molar-refractivity contribution in [3.05, 3.63) is 11.9 Å². The molecule has 0 spiro atoms. The summed E-state index contributed by atoms with van der Waals surface area (Å²) in [6, 6.07) is 2.26. The maximum Gasteiger partial charge on any atom is 0.451 e. The van der Waals surface area contributed by atoms with Gasteiger partial charge in [0.1, 0.15) is 11.6 Å². The molecule has 1 saturated carbocycles. The van der Waals surface area contributed by atoms with E-state index in [-0.39, 0.29) is 5.82 Å². The molecule has 0 atom stereocenters. The molecule has 1 aromatic rings. The zero-order valence-corrected chi connectivity index (χ0v) is 11.8.